The monoisotopic (exact) mass is 260 g/mol. The number of ether oxygens (including phenoxy) is 1. The summed E-state index contributed by atoms with van der Waals surface area (Å²) in [5.74, 6) is 1.64. The quantitative estimate of drug-likeness (QED) is 0.878. The molecule has 0 radical (unpaired) electrons. The average Bonchev–Trinajstić information content (AvgIpc) is 3.08. The zero-order valence-corrected chi connectivity index (χ0v) is 11.8. The summed E-state index contributed by atoms with van der Waals surface area (Å²) >= 11 is 0. The molecule has 2 atom stereocenters. The Morgan fingerprint density at radius 2 is 2.26 bits per heavy atom. The van der Waals surface area contributed by atoms with Gasteiger partial charge in [0.15, 0.2) is 0 Å². The molecule has 2 heterocycles. The van der Waals surface area contributed by atoms with Crippen LogP contribution >= 0.6 is 0 Å². The van der Waals surface area contributed by atoms with Gasteiger partial charge in [0.05, 0.1) is 6.61 Å². The van der Waals surface area contributed by atoms with Gasteiger partial charge >= 0.3 is 0 Å². The van der Waals surface area contributed by atoms with Crippen LogP contribution in [0.25, 0.3) is 0 Å². The number of para-hydroxylation sites is 1. The summed E-state index contributed by atoms with van der Waals surface area (Å²) in [6, 6.07) is 9.22. The van der Waals surface area contributed by atoms with E-state index in [1.54, 1.807) is 0 Å². The number of hydrogen-bond donors (Lipinski definition) is 1. The lowest BCUT2D eigenvalue weighted by Gasteiger charge is -2.30. The van der Waals surface area contributed by atoms with Crippen LogP contribution in [0.15, 0.2) is 24.3 Å². The summed E-state index contributed by atoms with van der Waals surface area (Å²) in [4.78, 5) is 2.66. The van der Waals surface area contributed by atoms with Crippen molar-refractivity contribution in [1.82, 2.24) is 10.2 Å². The lowest BCUT2D eigenvalue weighted by atomic mass is 9.99. The summed E-state index contributed by atoms with van der Waals surface area (Å²) in [5, 5.41) is 3.48. The molecule has 3 heteroatoms. The molecule has 3 rings (SSSR count). The molecule has 0 saturated carbocycles. The van der Waals surface area contributed by atoms with Crippen molar-refractivity contribution in [3.8, 4) is 5.75 Å². The van der Waals surface area contributed by atoms with E-state index in [2.05, 4.69) is 41.4 Å². The molecule has 3 nitrogen and oxygen atoms in total. The predicted octanol–water partition coefficient (Wildman–Crippen LogP) is 2.24. The molecule has 0 amide bonds. The molecule has 2 aliphatic heterocycles. The Balaban J connectivity index is 1.69. The molecule has 1 fully saturated rings. The Morgan fingerprint density at radius 3 is 3.05 bits per heavy atom. The first-order valence-electron chi connectivity index (χ1n) is 7.55. The number of rotatable bonds is 5. The van der Waals surface area contributed by atoms with Gasteiger partial charge in [-0.25, -0.2) is 0 Å². The zero-order valence-electron chi connectivity index (χ0n) is 11.8. The van der Waals surface area contributed by atoms with Crippen LogP contribution in [0.1, 0.15) is 31.2 Å². The van der Waals surface area contributed by atoms with Gasteiger partial charge in [0.25, 0.3) is 0 Å². The number of benzene rings is 1. The molecule has 0 spiro atoms. The molecule has 0 bridgehead atoms. The maximum absolute atomic E-state index is 5.81. The van der Waals surface area contributed by atoms with Gasteiger partial charge in [0, 0.05) is 30.6 Å². The molecule has 0 aromatic heterocycles. The highest BCUT2D eigenvalue weighted by atomic mass is 16.5. The molecule has 1 aromatic rings. The SMILES string of the molecule is CCCN(CC1COc2ccccc21)C1CCNC1. The molecule has 19 heavy (non-hydrogen) atoms. The van der Waals surface area contributed by atoms with Crippen LogP contribution < -0.4 is 10.1 Å². The van der Waals surface area contributed by atoms with E-state index in [4.69, 9.17) is 4.74 Å². The number of fused-ring (bicyclic) bond motifs is 1. The average molecular weight is 260 g/mol. The molecule has 1 saturated heterocycles. The van der Waals surface area contributed by atoms with E-state index in [9.17, 15) is 0 Å². The predicted molar refractivity (Wildman–Crippen MR) is 77.8 cm³/mol. The molecular weight excluding hydrogens is 236 g/mol. The van der Waals surface area contributed by atoms with E-state index >= 15 is 0 Å². The highest BCUT2D eigenvalue weighted by molar-refractivity contribution is 5.39. The Kier molecular flexibility index (Phi) is 4.04. The van der Waals surface area contributed by atoms with Crippen LogP contribution in [0.4, 0.5) is 0 Å². The highest BCUT2D eigenvalue weighted by Gasteiger charge is 2.29. The van der Waals surface area contributed by atoms with Crippen molar-refractivity contribution in [2.45, 2.75) is 31.7 Å². The van der Waals surface area contributed by atoms with Gasteiger partial charge < -0.3 is 10.1 Å². The third-order valence-electron chi connectivity index (χ3n) is 4.32. The second kappa shape index (κ2) is 5.93. The lowest BCUT2D eigenvalue weighted by Crippen LogP contribution is -2.40. The third kappa shape index (κ3) is 2.77. The number of nitrogens with zero attached hydrogens (tertiary/aromatic N) is 1. The highest BCUT2D eigenvalue weighted by Crippen LogP contribution is 2.34. The van der Waals surface area contributed by atoms with Crippen LogP contribution in [-0.4, -0.2) is 43.7 Å². The van der Waals surface area contributed by atoms with Crippen LogP contribution in [0.3, 0.4) is 0 Å². The topological polar surface area (TPSA) is 24.5 Å². The Bertz CT molecular complexity index is 415. The van der Waals surface area contributed by atoms with E-state index in [1.807, 2.05) is 0 Å². The van der Waals surface area contributed by atoms with Crippen molar-refractivity contribution >= 4 is 0 Å². The van der Waals surface area contributed by atoms with Gasteiger partial charge in [-0.2, -0.15) is 0 Å². The Morgan fingerprint density at radius 1 is 1.37 bits per heavy atom. The fraction of sp³-hybridized carbons (Fsp3) is 0.625. The molecular formula is C16H24N2O. The Hall–Kier alpha value is -1.06. The van der Waals surface area contributed by atoms with Crippen molar-refractivity contribution in [2.24, 2.45) is 0 Å². The van der Waals surface area contributed by atoms with Gasteiger partial charge in [0.2, 0.25) is 0 Å². The Labute approximate surface area is 115 Å². The van der Waals surface area contributed by atoms with Gasteiger partial charge in [0.1, 0.15) is 5.75 Å². The second-order valence-electron chi connectivity index (χ2n) is 5.69. The van der Waals surface area contributed by atoms with Gasteiger partial charge in [-0.3, -0.25) is 4.90 Å². The number of hydrogen-bond acceptors (Lipinski definition) is 3. The summed E-state index contributed by atoms with van der Waals surface area (Å²) in [5.41, 5.74) is 1.40. The van der Waals surface area contributed by atoms with Crippen molar-refractivity contribution in [2.75, 3.05) is 32.8 Å². The molecule has 2 unspecified atom stereocenters. The smallest absolute Gasteiger partial charge is 0.122 e. The van der Waals surface area contributed by atoms with Gasteiger partial charge in [-0.05, 0) is 32.0 Å². The zero-order chi connectivity index (χ0) is 13.1. The van der Waals surface area contributed by atoms with Crippen molar-refractivity contribution in [3.05, 3.63) is 29.8 Å². The van der Waals surface area contributed by atoms with E-state index in [0.717, 1.165) is 25.4 Å². The summed E-state index contributed by atoms with van der Waals surface area (Å²) in [6.45, 7) is 7.77. The fourth-order valence-electron chi connectivity index (χ4n) is 3.32. The minimum absolute atomic E-state index is 0.545. The van der Waals surface area contributed by atoms with Crippen LogP contribution in [0.2, 0.25) is 0 Å². The van der Waals surface area contributed by atoms with Crippen molar-refractivity contribution in [1.29, 1.82) is 0 Å². The lowest BCUT2D eigenvalue weighted by molar-refractivity contribution is 0.183. The maximum atomic E-state index is 5.81. The summed E-state index contributed by atoms with van der Waals surface area (Å²) in [7, 11) is 0. The molecule has 2 aliphatic rings. The molecule has 104 valence electrons. The van der Waals surface area contributed by atoms with Gasteiger partial charge in [-0.15, -0.1) is 0 Å². The first kappa shape index (κ1) is 12.9. The van der Waals surface area contributed by atoms with Crippen molar-refractivity contribution in [3.63, 3.8) is 0 Å². The normalized spacial score (nSPS) is 25.6. The largest absolute Gasteiger partial charge is 0.493 e. The molecule has 1 aromatic carbocycles. The van der Waals surface area contributed by atoms with E-state index in [1.165, 1.54) is 31.5 Å². The molecule has 1 N–H and O–H groups in total. The van der Waals surface area contributed by atoms with Crippen LogP contribution in [0.5, 0.6) is 5.75 Å². The second-order valence-corrected chi connectivity index (χ2v) is 5.69. The van der Waals surface area contributed by atoms with Crippen LogP contribution in [-0.2, 0) is 0 Å². The standard InChI is InChI=1S/C16H24N2O/c1-2-9-18(14-7-8-17-10-14)11-13-12-19-16-6-4-3-5-15(13)16/h3-6,13-14,17H,2,7-12H2,1H3. The van der Waals surface area contributed by atoms with Gasteiger partial charge in [-0.1, -0.05) is 25.1 Å². The van der Waals surface area contributed by atoms with E-state index in [0.29, 0.717) is 12.0 Å². The fourth-order valence-corrected chi connectivity index (χ4v) is 3.32. The van der Waals surface area contributed by atoms with E-state index in [-0.39, 0.29) is 0 Å². The first-order valence-corrected chi connectivity index (χ1v) is 7.55. The third-order valence-corrected chi connectivity index (χ3v) is 4.32. The number of nitrogens with one attached hydrogen (secondary N) is 1. The minimum Gasteiger partial charge on any atom is -0.493 e. The maximum Gasteiger partial charge on any atom is 0.122 e. The van der Waals surface area contributed by atoms with E-state index < -0.39 is 0 Å². The van der Waals surface area contributed by atoms with Crippen LogP contribution in [0, 0.1) is 0 Å². The first-order chi connectivity index (χ1) is 9.38. The molecule has 0 aliphatic carbocycles. The minimum atomic E-state index is 0.545. The summed E-state index contributed by atoms with van der Waals surface area (Å²) < 4.78 is 5.81. The summed E-state index contributed by atoms with van der Waals surface area (Å²) in [6.07, 6.45) is 2.51. The van der Waals surface area contributed by atoms with Crippen molar-refractivity contribution < 1.29 is 4.74 Å².